The maximum Gasteiger partial charge on any atom is 0.262 e. The number of nitrogens with one attached hydrogen (secondary N) is 2. The SMILES string of the molecule is CCOCCCNC(=O)c1ccccc1OCC(=O)Nc1ccc(Br)cc1. The number of carbonyl (C=O) groups is 2. The summed E-state index contributed by atoms with van der Waals surface area (Å²) in [6.45, 7) is 3.51. The molecule has 7 heteroatoms. The van der Waals surface area contributed by atoms with Crippen molar-refractivity contribution >= 4 is 33.4 Å². The Morgan fingerprint density at radius 1 is 1.07 bits per heavy atom. The van der Waals surface area contributed by atoms with Crippen molar-refractivity contribution in [3.63, 3.8) is 0 Å². The van der Waals surface area contributed by atoms with Crippen LogP contribution in [-0.4, -0.2) is 38.2 Å². The lowest BCUT2D eigenvalue weighted by atomic mass is 10.2. The molecule has 2 amide bonds. The summed E-state index contributed by atoms with van der Waals surface area (Å²) in [6.07, 6.45) is 0.734. The molecule has 144 valence electrons. The van der Waals surface area contributed by atoms with Gasteiger partial charge in [0.2, 0.25) is 0 Å². The van der Waals surface area contributed by atoms with Gasteiger partial charge in [-0.2, -0.15) is 0 Å². The molecule has 27 heavy (non-hydrogen) atoms. The van der Waals surface area contributed by atoms with Crippen LogP contribution in [0.3, 0.4) is 0 Å². The highest BCUT2D eigenvalue weighted by Gasteiger charge is 2.13. The van der Waals surface area contributed by atoms with Crippen LogP contribution < -0.4 is 15.4 Å². The topological polar surface area (TPSA) is 76.7 Å². The molecule has 0 saturated heterocycles. The van der Waals surface area contributed by atoms with Crippen LogP contribution in [0.1, 0.15) is 23.7 Å². The van der Waals surface area contributed by atoms with Crippen LogP contribution in [0.2, 0.25) is 0 Å². The number of rotatable bonds is 10. The average Bonchev–Trinajstić information content (AvgIpc) is 2.68. The molecule has 0 bridgehead atoms. The second-order valence-corrected chi connectivity index (χ2v) is 6.56. The Kier molecular flexibility index (Phi) is 8.80. The fraction of sp³-hybridized carbons (Fsp3) is 0.300. The summed E-state index contributed by atoms with van der Waals surface area (Å²) in [5.74, 6) is -0.176. The summed E-state index contributed by atoms with van der Waals surface area (Å²) in [5.41, 5.74) is 1.07. The van der Waals surface area contributed by atoms with Gasteiger partial charge in [0.05, 0.1) is 5.56 Å². The van der Waals surface area contributed by atoms with Crippen molar-refractivity contribution in [1.82, 2.24) is 5.32 Å². The Bertz CT molecular complexity index is 750. The van der Waals surface area contributed by atoms with Crippen LogP contribution in [0.5, 0.6) is 5.75 Å². The highest BCUT2D eigenvalue weighted by Crippen LogP contribution is 2.18. The fourth-order valence-electron chi connectivity index (χ4n) is 2.27. The van der Waals surface area contributed by atoms with Gasteiger partial charge in [0.25, 0.3) is 11.8 Å². The van der Waals surface area contributed by atoms with Gasteiger partial charge in [0.1, 0.15) is 5.75 Å². The fourth-order valence-corrected chi connectivity index (χ4v) is 2.53. The number of ether oxygens (including phenoxy) is 2. The molecular formula is C20H23BrN2O4. The molecule has 0 radical (unpaired) electrons. The molecule has 2 aromatic rings. The molecule has 0 aliphatic carbocycles. The van der Waals surface area contributed by atoms with Crippen LogP contribution in [-0.2, 0) is 9.53 Å². The van der Waals surface area contributed by atoms with Gasteiger partial charge in [0, 0.05) is 29.9 Å². The first-order valence-electron chi connectivity index (χ1n) is 8.73. The summed E-state index contributed by atoms with van der Waals surface area (Å²) in [5, 5.41) is 5.57. The standard InChI is InChI=1S/C20H23BrN2O4/c1-2-26-13-5-12-22-20(25)17-6-3-4-7-18(17)27-14-19(24)23-16-10-8-15(21)9-11-16/h3-4,6-11H,2,5,12-14H2,1H3,(H,22,25)(H,23,24). The second-order valence-electron chi connectivity index (χ2n) is 5.65. The number of hydrogen-bond donors (Lipinski definition) is 2. The molecule has 2 aromatic carbocycles. The van der Waals surface area contributed by atoms with Gasteiger partial charge in [-0.15, -0.1) is 0 Å². The third-order valence-corrected chi connectivity index (χ3v) is 4.10. The lowest BCUT2D eigenvalue weighted by molar-refractivity contribution is -0.118. The minimum Gasteiger partial charge on any atom is -0.483 e. The predicted octanol–water partition coefficient (Wildman–Crippen LogP) is 3.62. The summed E-state index contributed by atoms with van der Waals surface area (Å²) in [4.78, 5) is 24.4. The number of halogens is 1. The van der Waals surface area contributed by atoms with Gasteiger partial charge >= 0.3 is 0 Å². The Morgan fingerprint density at radius 3 is 2.56 bits per heavy atom. The summed E-state index contributed by atoms with van der Waals surface area (Å²) in [6, 6.07) is 14.1. The number of anilines is 1. The van der Waals surface area contributed by atoms with Gasteiger partial charge in [-0.25, -0.2) is 0 Å². The number of benzene rings is 2. The van der Waals surface area contributed by atoms with Crippen LogP contribution >= 0.6 is 15.9 Å². The number of para-hydroxylation sites is 1. The lowest BCUT2D eigenvalue weighted by Gasteiger charge is -2.12. The largest absolute Gasteiger partial charge is 0.483 e. The number of carbonyl (C=O) groups excluding carboxylic acids is 2. The van der Waals surface area contributed by atoms with E-state index in [2.05, 4.69) is 26.6 Å². The first-order valence-corrected chi connectivity index (χ1v) is 9.52. The normalized spacial score (nSPS) is 10.3. The smallest absolute Gasteiger partial charge is 0.262 e. The molecule has 0 heterocycles. The van der Waals surface area contributed by atoms with Crippen molar-refractivity contribution in [2.75, 3.05) is 31.7 Å². The van der Waals surface area contributed by atoms with E-state index >= 15 is 0 Å². The van der Waals surface area contributed by atoms with E-state index in [1.54, 1.807) is 36.4 Å². The molecule has 0 unspecified atom stereocenters. The van der Waals surface area contributed by atoms with E-state index in [1.807, 2.05) is 19.1 Å². The van der Waals surface area contributed by atoms with E-state index in [9.17, 15) is 9.59 Å². The second kappa shape index (κ2) is 11.4. The lowest BCUT2D eigenvalue weighted by Crippen LogP contribution is -2.26. The molecule has 0 fully saturated rings. The maximum atomic E-state index is 12.3. The molecule has 0 aliphatic rings. The first-order chi connectivity index (χ1) is 13.1. The van der Waals surface area contributed by atoms with Crippen LogP contribution in [0.4, 0.5) is 5.69 Å². The van der Waals surface area contributed by atoms with Crippen LogP contribution in [0, 0.1) is 0 Å². The van der Waals surface area contributed by atoms with Gasteiger partial charge in [-0.3, -0.25) is 9.59 Å². The maximum absolute atomic E-state index is 12.3. The quantitative estimate of drug-likeness (QED) is 0.559. The molecule has 6 nitrogen and oxygen atoms in total. The van der Waals surface area contributed by atoms with Crippen LogP contribution in [0.15, 0.2) is 53.0 Å². The van der Waals surface area contributed by atoms with E-state index < -0.39 is 0 Å². The Balaban J connectivity index is 1.86. The van der Waals surface area contributed by atoms with Gasteiger partial charge < -0.3 is 20.1 Å². The number of hydrogen-bond acceptors (Lipinski definition) is 4. The monoisotopic (exact) mass is 434 g/mol. The average molecular weight is 435 g/mol. The van der Waals surface area contributed by atoms with Crippen molar-refractivity contribution in [3.8, 4) is 5.75 Å². The molecule has 2 N–H and O–H groups in total. The third-order valence-electron chi connectivity index (χ3n) is 3.57. The predicted molar refractivity (Wildman–Crippen MR) is 108 cm³/mol. The zero-order valence-corrected chi connectivity index (χ0v) is 16.8. The summed E-state index contributed by atoms with van der Waals surface area (Å²) in [7, 11) is 0. The van der Waals surface area contributed by atoms with Gasteiger partial charge in [0.15, 0.2) is 6.61 Å². The first kappa shape index (κ1) is 20.9. The Hall–Kier alpha value is -2.38. The van der Waals surface area contributed by atoms with E-state index in [-0.39, 0.29) is 18.4 Å². The molecule has 0 aliphatic heterocycles. The molecule has 0 saturated carbocycles. The van der Waals surface area contributed by atoms with E-state index in [0.717, 1.165) is 10.9 Å². The minimum absolute atomic E-state index is 0.190. The molecule has 0 atom stereocenters. The highest BCUT2D eigenvalue weighted by molar-refractivity contribution is 9.10. The van der Waals surface area contributed by atoms with Crippen molar-refractivity contribution in [3.05, 3.63) is 58.6 Å². The third kappa shape index (κ3) is 7.40. The van der Waals surface area contributed by atoms with E-state index in [1.165, 1.54) is 0 Å². The van der Waals surface area contributed by atoms with Crippen molar-refractivity contribution in [2.45, 2.75) is 13.3 Å². The molecule has 0 aromatic heterocycles. The van der Waals surface area contributed by atoms with Crippen molar-refractivity contribution in [2.24, 2.45) is 0 Å². The Labute approximate surface area is 167 Å². The van der Waals surface area contributed by atoms with E-state index in [4.69, 9.17) is 9.47 Å². The zero-order valence-electron chi connectivity index (χ0n) is 15.2. The minimum atomic E-state index is -0.302. The summed E-state index contributed by atoms with van der Waals surface area (Å²) < 4.78 is 11.7. The van der Waals surface area contributed by atoms with Gasteiger partial charge in [-0.1, -0.05) is 28.1 Å². The summed E-state index contributed by atoms with van der Waals surface area (Å²) >= 11 is 3.34. The molecular weight excluding hydrogens is 412 g/mol. The Morgan fingerprint density at radius 2 is 1.81 bits per heavy atom. The van der Waals surface area contributed by atoms with E-state index in [0.29, 0.717) is 36.8 Å². The number of amides is 2. The van der Waals surface area contributed by atoms with Crippen molar-refractivity contribution < 1.29 is 19.1 Å². The van der Waals surface area contributed by atoms with Crippen LogP contribution in [0.25, 0.3) is 0 Å². The van der Waals surface area contributed by atoms with Gasteiger partial charge in [-0.05, 0) is 49.7 Å². The molecule has 0 spiro atoms. The zero-order chi connectivity index (χ0) is 19.5. The van der Waals surface area contributed by atoms with Crippen molar-refractivity contribution in [1.29, 1.82) is 0 Å². The highest BCUT2D eigenvalue weighted by atomic mass is 79.9. The molecule has 2 rings (SSSR count).